The van der Waals surface area contributed by atoms with Gasteiger partial charge in [0.2, 0.25) is 5.78 Å². The summed E-state index contributed by atoms with van der Waals surface area (Å²) in [6.07, 6.45) is 2.56. The summed E-state index contributed by atoms with van der Waals surface area (Å²) in [6, 6.07) is 8.45. The molecule has 3 aromatic rings. The number of aromatic carboxylic acids is 1. The third-order valence-electron chi connectivity index (χ3n) is 3.37. The summed E-state index contributed by atoms with van der Waals surface area (Å²) in [7, 11) is 1.57. The molecule has 0 unspecified atom stereocenters. The number of pyridine rings is 1. The summed E-state index contributed by atoms with van der Waals surface area (Å²) < 4.78 is 5.14. The van der Waals surface area contributed by atoms with Crippen LogP contribution in [0.1, 0.15) is 26.4 Å². The number of carbonyl (C=O) groups excluding carboxylic acids is 1. The lowest BCUT2D eigenvalue weighted by Crippen LogP contribution is -2.10. The van der Waals surface area contributed by atoms with Crippen molar-refractivity contribution in [2.24, 2.45) is 0 Å². The van der Waals surface area contributed by atoms with Gasteiger partial charge in [-0.3, -0.25) is 9.78 Å². The van der Waals surface area contributed by atoms with Crippen molar-refractivity contribution in [1.29, 1.82) is 0 Å². The molecule has 0 bridgehead atoms. The van der Waals surface area contributed by atoms with Gasteiger partial charge in [-0.1, -0.05) is 0 Å². The Bertz CT molecular complexity index is 883. The molecule has 1 aromatic carbocycles. The van der Waals surface area contributed by atoms with E-state index in [-0.39, 0.29) is 11.1 Å². The Hall–Kier alpha value is -3.15. The van der Waals surface area contributed by atoms with Crippen LogP contribution in [0.3, 0.4) is 0 Å². The Kier molecular flexibility index (Phi) is 3.34. The quantitative estimate of drug-likeness (QED) is 0.722. The van der Waals surface area contributed by atoms with Crippen molar-refractivity contribution in [3.05, 3.63) is 59.5 Å². The van der Waals surface area contributed by atoms with Gasteiger partial charge < -0.3 is 14.8 Å². The Morgan fingerprint density at radius 1 is 1.18 bits per heavy atom. The van der Waals surface area contributed by atoms with Gasteiger partial charge >= 0.3 is 5.97 Å². The van der Waals surface area contributed by atoms with Gasteiger partial charge in [-0.2, -0.15) is 0 Å². The van der Waals surface area contributed by atoms with Crippen LogP contribution in [0.2, 0.25) is 0 Å². The van der Waals surface area contributed by atoms with Crippen molar-refractivity contribution < 1.29 is 19.4 Å². The van der Waals surface area contributed by atoms with Crippen molar-refractivity contribution >= 4 is 22.7 Å². The second-order valence-electron chi connectivity index (χ2n) is 4.69. The average Bonchev–Trinajstić information content (AvgIpc) is 2.96. The first kappa shape index (κ1) is 13.8. The predicted octanol–water partition coefficient (Wildman–Crippen LogP) is 2.50. The summed E-state index contributed by atoms with van der Waals surface area (Å²) in [6.45, 7) is 0. The molecule has 2 heterocycles. The molecule has 0 saturated heterocycles. The Morgan fingerprint density at radius 3 is 2.73 bits per heavy atom. The second-order valence-corrected chi connectivity index (χ2v) is 4.69. The van der Waals surface area contributed by atoms with Crippen LogP contribution >= 0.6 is 0 Å². The maximum atomic E-state index is 12.5. The molecule has 2 aromatic heterocycles. The molecule has 6 nitrogen and oxygen atoms in total. The summed E-state index contributed by atoms with van der Waals surface area (Å²) in [5, 5.41) is 9.96. The topological polar surface area (TPSA) is 92.3 Å². The molecule has 0 spiro atoms. The van der Waals surface area contributed by atoms with Gasteiger partial charge in [-0.05, 0) is 30.3 Å². The molecule has 6 heteroatoms. The molecule has 22 heavy (non-hydrogen) atoms. The van der Waals surface area contributed by atoms with Gasteiger partial charge in [-0.15, -0.1) is 0 Å². The number of H-pyrrole nitrogens is 1. The molecule has 0 aliphatic carbocycles. The molecule has 0 amide bonds. The number of hydrogen-bond donors (Lipinski definition) is 2. The number of ether oxygens (including phenoxy) is 1. The van der Waals surface area contributed by atoms with Crippen LogP contribution < -0.4 is 4.74 Å². The fraction of sp³-hybridized carbons (Fsp3) is 0.0625. The third kappa shape index (κ3) is 2.31. The van der Waals surface area contributed by atoms with Crippen molar-refractivity contribution in [2.45, 2.75) is 0 Å². The number of carbonyl (C=O) groups is 2. The number of nitrogens with zero attached hydrogens (tertiary/aromatic N) is 1. The first-order valence-corrected chi connectivity index (χ1v) is 6.49. The zero-order chi connectivity index (χ0) is 15.7. The molecular formula is C16H12N2O4. The van der Waals surface area contributed by atoms with Crippen molar-refractivity contribution in [3.8, 4) is 5.75 Å². The molecular weight excluding hydrogens is 284 g/mol. The van der Waals surface area contributed by atoms with E-state index < -0.39 is 11.8 Å². The molecule has 0 atom stereocenters. The molecule has 0 fully saturated rings. The highest BCUT2D eigenvalue weighted by Gasteiger charge is 2.19. The van der Waals surface area contributed by atoms with E-state index in [2.05, 4.69) is 9.97 Å². The zero-order valence-electron chi connectivity index (χ0n) is 11.7. The number of nitrogens with one attached hydrogen (secondary N) is 1. The van der Waals surface area contributed by atoms with Crippen LogP contribution in [0, 0.1) is 0 Å². The molecule has 110 valence electrons. The Balaban J connectivity index is 2.08. The van der Waals surface area contributed by atoms with Crippen molar-refractivity contribution in [1.82, 2.24) is 9.97 Å². The van der Waals surface area contributed by atoms with Gasteiger partial charge in [-0.25, -0.2) is 4.79 Å². The van der Waals surface area contributed by atoms with Gasteiger partial charge in [0, 0.05) is 28.9 Å². The highest BCUT2D eigenvalue weighted by atomic mass is 16.5. The number of fused-ring (bicyclic) bond motifs is 1. The lowest BCUT2D eigenvalue weighted by Gasteiger charge is -2.02. The van der Waals surface area contributed by atoms with E-state index in [4.69, 9.17) is 9.84 Å². The van der Waals surface area contributed by atoms with Crippen molar-refractivity contribution in [2.75, 3.05) is 7.11 Å². The maximum Gasteiger partial charge on any atom is 0.338 e. The zero-order valence-corrected chi connectivity index (χ0v) is 11.7. The molecule has 0 saturated carbocycles. The molecule has 2 N–H and O–H groups in total. The third-order valence-corrected chi connectivity index (χ3v) is 3.37. The average molecular weight is 296 g/mol. The SMILES string of the molecule is COc1ccc2[nH]c(C(=O)c3ccncc3C(=O)O)cc2c1. The van der Waals surface area contributed by atoms with Crippen LogP contribution in [0.5, 0.6) is 5.75 Å². The number of aromatic nitrogens is 2. The smallest absolute Gasteiger partial charge is 0.338 e. The highest BCUT2D eigenvalue weighted by Crippen LogP contribution is 2.23. The Morgan fingerprint density at radius 2 is 2.00 bits per heavy atom. The first-order chi connectivity index (χ1) is 10.6. The summed E-state index contributed by atoms with van der Waals surface area (Å²) in [5.74, 6) is -0.898. The molecule has 0 aliphatic heterocycles. The monoisotopic (exact) mass is 296 g/mol. The summed E-state index contributed by atoms with van der Waals surface area (Å²) in [4.78, 5) is 30.5. The van der Waals surface area contributed by atoms with Gasteiger partial charge in [0.25, 0.3) is 0 Å². The normalized spacial score (nSPS) is 10.6. The minimum absolute atomic E-state index is 0.0982. The van der Waals surface area contributed by atoms with Crippen LogP contribution in [0.15, 0.2) is 42.7 Å². The van der Waals surface area contributed by atoms with E-state index >= 15 is 0 Å². The van der Waals surface area contributed by atoms with Gasteiger partial charge in [0.15, 0.2) is 0 Å². The van der Waals surface area contributed by atoms with Gasteiger partial charge in [0.05, 0.1) is 18.4 Å². The van der Waals surface area contributed by atoms with E-state index in [9.17, 15) is 9.59 Å². The number of hydrogen-bond acceptors (Lipinski definition) is 4. The molecule has 0 aliphatic rings. The van der Waals surface area contributed by atoms with Crippen LogP contribution in [-0.2, 0) is 0 Å². The number of carboxylic acid groups (broad SMARTS) is 1. The maximum absolute atomic E-state index is 12.5. The lowest BCUT2D eigenvalue weighted by molar-refractivity contribution is 0.0692. The number of ketones is 1. The van der Waals surface area contributed by atoms with Crippen LogP contribution in [0.25, 0.3) is 10.9 Å². The number of methoxy groups -OCH3 is 1. The second kappa shape index (κ2) is 5.33. The Labute approximate surface area is 125 Å². The van der Waals surface area contributed by atoms with E-state index in [1.807, 2.05) is 0 Å². The predicted molar refractivity (Wildman–Crippen MR) is 79.5 cm³/mol. The minimum atomic E-state index is -1.19. The van der Waals surface area contributed by atoms with E-state index in [1.54, 1.807) is 31.4 Å². The fourth-order valence-electron chi connectivity index (χ4n) is 2.27. The number of benzene rings is 1. The highest BCUT2D eigenvalue weighted by molar-refractivity contribution is 6.14. The van der Waals surface area contributed by atoms with Crippen LogP contribution in [-0.4, -0.2) is 33.9 Å². The molecule has 0 radical (unpaired) electrons. The number of rotatable bonds is 4. The number of carboxylic acids is 1. The lowest BCUT2D eigenvalue weighted by atomic mass is 10.0. The first-order valence-electron chi connectivity index (χ1n) is 6.49. The largest absolute Gasteiger partial charge is 0.497 e. The van der Waals surface area contributed by atoms with Gasteiger partial charge in [0.1, 0.15) is 5.75 Å². The minimum Gasteiger partial charge on any atom is -0.497 e. The van der Waals surface area contributed by atoms with Crippen molar-refractivity contribution in [3.63, 3.8) is 0 Å². The van der Waals surface area contributed by atoms with E-state index in [1.165, 1.54) is 18.5 Å². The molecule has 3 rings (SSSR count). The fourth-order valence-corrected chi connectivity index (χ4v) is 2.27. The van der Waals surface area contributed by atoms with E-state index in [0.29, 0.717) is 11.4 Å². The number of aromatic amines is 1. The van der Waals surface area contributed by atoms with E-state index in [0.717, 1.165) is 10.9 Å². The summed E-state index contributed by atoms with van der Waals surface area (Å²) >= 11 is 0. The van der Waals surface area contributed by atoms with Crippen LogP contribution in [0.4, 0.5) is 0 Å². The summed E-state index contributed by atoms with van der Waals surface area (Å²) in [5.41, 5.74) is 1.07. The standard InChI is InChI=1S/C16H12N2O4/c1-22-10-2-3-13-9(6-10)7-14(18-13)15(19)11-4-5-17-8-12(11)16(20)21/h2-8,18H,1H3,(H,20,21).